The van der Waals surface area contributed by atoms with Gasteiger partial charge in [0.1, 0.15) is 0 Å². The molecule has 0 bridgehead atoms. The molecular formula is C27H33N5. The number of hydrogen-bond acceptors (Lipinski definition) is 4. The number of aliphatic imine (C=N–C) groups is 1. The van der Waals surface area contributed by atoms with Crippen LogP contribution in [0.2, 0.25) is 0 Å². The number of nitrogens with zero attached hydrogens (tertiary/aromatic N) is 4. The van der Waals surface area contributed by atoms with Crippen LogP contribution >= 0.6 is 0 Å². The molecule has 1 aliphatic carbocycles. The molecule has 0 radical (unpaired) electrons. The molecule has 1 aromatic carbocycles. The molecule has 1 aliphatic rings. The Morgan fingerprint density at radius 2 is 1.94 bits per heavy atom. The molecule has 32 heavy (non-hydrogen) atoms. The van der Waals surface area contributed by atoms with Crippen molar-refractivity contribution in [1.29, 1.82) is 0 Å². The lowest BCUT2D eigenvalue weighted by molar-refractivity contribution is 0.365. The van der Waals surface area contributed by atoms with E-state index in [4.69, 9.17) is 4.98 Å². The Balaban J connectivity index is 1.54. The van der Waals surface area contributed by atoms with E-state index in [1.807, 2.05) is 47.3 Å². The molecule has 2 aromatic heterocycles. The standard InChI is InChI=1S/C27H33N5/c1-3-28-19-23-13-9-10-14-24(23)21(2)25-20-32-18-17-30-27(32)26(31-25)29-16-15-22-11-7-5-4-6-8-12-22/h3,9-10,13-14,17-20,22H,1-2,4-8,11-12,15-16H2,(H,29,31)/b28-19-. The maximum absolute atomic E-state index is 4.93. The van der Waals surface area contributed by atoms with Crippen molar-refractivity contribution in [2.45, 2.75) is 51.4 Å². The van der Waals surface area contributed by atoms with Crippen LogP contribution in [0.5, 0.6) is 0 Å². The summed E-state index contributed by atoms with van der Waals surface area (Å²) in [6.07, 6.45) is 19.9. The lowest BCUT2D eigenvalue weighted by Crippen LogP contribution is -2.13. The van der Waals surface area contributed by atoms with Crippen LogP contribution in [0.4, 0.5) is 5.82 Å². The summed E-state index contributed by atoms with van der Waals surface area (Å²) in [5.74, 6) is 1.63. The number of benzene rings is 1. The van der Waals surface area contributed by atoms with Gasteiger partial charge in [-0.05, 0) is 17.9 Å². The minimum atomic E-state index is 0.813. The topological polar surface area (TPSA) is 54.6 Å². The van der Waals surface area contributed by atoms with Crippen LogP contribution in [-0.4, -0.2) is 27.1 Å². The molecule has 0 aliphatic heterocycles. The van der Waals surface area contributed by atoms with Crippen LogP contribution in [0, 0.1) is 5.92 Å². The molecule has 3 aromatic rings. The second kappa shape index (κ2) is 10.9. The summed E-state index contributed by atoms with van der Waals surface area (Å²) >= 11 is 0. The molecule has 1 saturated carbocycles. The largest absolute Gasteiger partial charge is 0.367 e. The highest BCUT2D eigenvalue weighted by molar-refractivity contribution is 5.91. The van der Waals surface area contributed by atoms with Crippen LogP contribution in [0.15, 0.2) is 67.2 Å². The minimum Gasteiger partial charge on any atom is -0.367 e. The van der Waals surface area contributed by atoms with E-state index in [9.17, 15) is 0 Å². The molecular weight excluding hydrogens is 394 g/mol. The van der Waals surface area contributed by atoms with E-state index in [0.29, 0.717) is 0 Å². The van der Waals surface area contributed by atoms with E-state index in [2.05, 4.69) is 28.5 Å². The van der Waals surface area contributed by atoms with E-state index >= 15 is 0 Å². The van der Waals surface area contributed by atoms with Gasteiger partial charge in [0.05, 0.1) is 5.69 Å². The lowest BCUT2D eigenvalue weighted by Gasteiger charge is -2.20. The predicted molar refractivity (Wildman–Crippen MR) is 134 cm³/mol. The summed E-state index contributed by atoms with van der Waals surface area (Å²) in [5.41, 5.74) is 4.52. The average molecular weight is 428 g/mol. The molecule has 0 atom stereocenters. The zero-order valence-electron chi connectivity index (χ0n) is 18.8. The number of rotatable bonds is 8. The van der Waals surface area contributed by atoms with Crippen LogP contribution in [0.25, 0.3) is 11.2 Å². The third-order valence-corrected chi connectivity index (χ3v) is 6.36. The van der Waals surface area contributed by atoms with Crippen LogP contribution in [0.1, 0.15) is 68.2 Å². The summed E-state index contributed by atoms with van der Waals surface area (Å²) < 4.78 is 2.02. The van der Waals surface area contributed by atoms with Crippen molar-refractivity contribution in [3.8, 4) is 0 Å². The van der Waals surface area contributed by atoms with Gasteiger partial charge in [-0.3, -0.25) is 4.99 Å². The summed E-state index contributed by atoms with van der Waals surface area (Å²) in [4.78, 5) is 13.6. The highest BCUT2D eigenvalue weighted by atomic mass is 15.1. The first-order valence-electron chi connectivity index (χ1n) is 11.8. The molecule has 4 rings (SSSR count). The van der Waals surface area contributed by atoms with Crippen molar-refractivity contribution in [1.82, 2.24) is 14.4 Å². The number of anilines is 1. The normalized spacial score (nSPS) is 15.5. The van der Waals surface area contributed by atoms with Crippen molar-refractivity contribution in [3.05, 3.63) is 79.0 Å². The molecule has 0 spiro atoms. The van der Waals surface area contributed by atoms with Crippen LogP contribution in [-0.2, 0) is 0 Å². The van der Waals surface area contributed by atoms with Gasteiger partial charge in [-0.1, -0.05) is 82.4 Å². The van der Waals surface area contributed by atoms with E-state index < -0.39 is 0 Å². The highest BCUT2D eigenvalue weighted by Gasteiger charge is 2.15. The van der Waals surface area contributed by atoms with Gasteiger partial charge in [0.15, 0.2) is 11.5 Å². The highest BCUT2D eigenvalue weighted by Crippen LogP contribution is 2.27. The molecule has 0 saturated heterocycles. The molecule has 166 valence electrons. The molecule has 2 heterocycles. The Hall–Kier alpha value is -3.21. The number of aromatic nitrogens is 3. The van der Waals surface area contributed by atoms with Crippen molar-refractivity contribution in [2.75, 3.05) is 11.9 Å². The fourth-order valence-electron chi connectivity index (χ4n) is 4.58. The van der Waals surface area contributed by atoms with Crippen molar-refractivity contribution < 1.29 is 0 Å². The van der Waals surface area contributed by atoms with Crippen molar-refractivity contribution in [3.63, 3.8) is 0 Å². The third-order valence-electron chi connectivity index (χ3n) is 6.36. The second-order valence-electron chi connectivity index (χ2n) is 8.59. The molecule has 0 amide bonds. The first kappa shape index (κ1) is 22.0. The fourth-order valence-corrected chi connectivity index (χ4v) is 4.58. The molecule has 5 nitrogen and oxygen atoms in total. The van der Waals surface area contributed by atoms with Gasteiger partial charge in [0.2, 0.25) is 0 Å². The van der Waals surface area contributed by atoms with Gasteiger partial charge in [-0.2, -0.15) is 0 Å². The molecule has 1 fully saturated rings. The van der Waals surface area contributed by atoms with Crippen molar-refractivity contribution in [2.24, 2.45) is 10.9 Å². The average Bonchev–Trinajstić information content (AvgIpc) is 3.27. The van der Waals surface area contributed by atoms with Gasteiger partial charge in [-0.15, -0.1) is 0 Å². The molecule has 5 heteroatoms. The van der Waals surface area contributed by atoms with E-state index in [-0.39, 0.29) is 0 Å². The minimum absolute atomic E-state index is 0.813. The maximum atomic E-state index is 4.93. The smallest absolute Gasteiger partial charge is 0.180 e. The van der Waals surface area contributed by atoms with Gasteiger partial charge >= 0.3 is 0 Å². The first-order valence-corrected chi connectivity index (χ1v) is 11.8. The Morgan fingerprint density at radius 3 is 2.75 bits per heavy atom. The van der Waals surface area contributed by atoms with Gasteiger partial charge in [0, 0.05) is 48.7 Å². The fraction of sp³-hybridized carbons (Fsp3) is 0.370. The SMILES string of the molecule is C=C/N=C\c1ccccc1C(=C)c1cn2ccnc2c(NCCC2CCCCCCC2)n1. The lowest BCUT2D eigenvalue weighted by atomic mass is 9.89. The maximum Gasteiger partial charge on any atom is 0.180 e. The number of nitrogens with one attached hydrogen (secondary N) is 1. The number of hydrogen-bond donors (Lipinski definition) is 1. The number of fused-ring (bicyclic) bond motifs is 1. The summed E-state index contributed by atoms with van der Waals surface area (Å²) in [5, 5.41) is 3.58. The van der Waals surface area contributed by atoms with Crippen LogP contribution in [0.3, 0.4) is 0 Å². The van der Waals surface area contributed by atoms with E-state index in [1.54, 1.807) is 6.21 Å². The monoisotopic (exact) mass is 427 g/mol. The third kappa shape index (κ3) is 5.34. The van der Waals surface area contributed by atoms with Gasteiger partial charge in [-0.25, -0.2) is 9.97 Å². The Bertz CT molecular complexity index is 1090. The van der Waals surface area contributed by atoms with Gasteiger partial charge < -0.3 is 9.72 Å². The Labute approximate surface area is 191 Å². The Kier molecular flexibility index (Phi) is 7.49. The van der Waals surface area contributed by atoms with E-state index in [0.717, 1.165) is 46.3 Å². The van der Waals surface area contributed by atoms with Crippen LogP contribution < -0.4 is 5.32 Å². The molecule has 1 N–H and O–H groups in total. The Morgan fingerprint density at radius 1 is 1.16 bits per heavy atom. The summed E-state index contributed by atoms with van der Waals surface area (Å²) in [6.45, 7) is 8.94. The van der Waals surface area contributed by atoms with Gasteiger partial charge in [0.25, 0.3) is 0 Å². The zero-order valence-corrected chi connectivity index (χ0v) is 18.8. The number of imidazole rings is 1. The zero-order chi connectivity index (χ0) is 22.2. The summed E-state index contributed by atoms with van der Waals surface area (Å²) in [7, 11) is 0. The summed E-state index contributed by atoms with van der Waals surface area (Å²) in [6, 6.07) is 8.08. The molecule has 0 unspecified atom stereocenters. The first-order chi connectivity index (χ1) is 15.8. The van der Waals surface area contributed by atoms with E-state index in [1.165, 1.54) is 57.6 Å². The van der Waals surface area contributed by atoms with Crippen molar-refractivity contribution >= 4 is 23.3 Å². The second-order valence-corrected chi connectivity index (χ2v) is 8.59. The predicted octanol–water partition coefficient (Wildman–Crippen LogP) is 6.52. The quantitative estimate of drug-likeness (QED) is 0.417.